The van der Waals surface area contributed by atoms with Gasteiger partial charge in [0.05, 0.1) is 25.7 Å². The Bertz CT molecular complexity index is 988. The number of esters is 2. The minimum Gasteiger partial charge on any atom is -0.497 e. The molecule has 0 aliphatic carbocycles. The summed E-state index contributed by atoms with van der Waals surface area (Å²) in [6.07, 6.45) is 0.00660. The number of anilines is 2. The summed E-state index contributed by atoms with van der Waals surface area (Å²) in [7, 11) is 2.81. The molecule has 0 unspecified atom stereocenters. The third kappa shape index (κ3) is 5.39. The van der Waals surface area contributed by atoms with Gasteiger partial charge in [-0.25, -0.2) is 4.79 Å². The van der Waals surface area contributed by atoms with Crippen molar-refractivity contribution >= 4 is 35.1 Å². The van der Waals surface area contributed by atoms with Gasteiger partial charge >= 0.3 is 11.9 Å². The van der Waals surface area contributed by atoms with Crippen molar-refractivity contribution in [3.05, 3.63) is 54.1 Å². The van der Waals surface area contributed by atoms with Crippen molar-refractivity contribution in [2.24, 2.45) is 5.92 Å². The van der Waals surface area contributed by atoms with Gasteiger partial charge in [0.2, 0.25) is 5.91 Å². The monoisotopic (exact) mass is 426 g/mol. The molecule has 9 nitrogen and oxygen atoms in total. The summed E-state index contributed by atoms with van der Waals surface area (Å²) in [5.74, 6) is -1.90. The van der Waals surface area contributed by atoms with Gasteiger partial charge in [-0.05, 0) is 36.4 Å². The third-order valence-corrected chi connectivity index (χ3v) is 4.76. The molecule has 0 spiro atoms. The molecule has 0 aromatic heterocycles. The topological polar surface area (TPSA) is 111 Å². The first-order valence-corrected chi connectivity index (χ1v) is 9.50. The van der Waals surface area contributed by atoms with Crippen LogP contribution >= 0.6 is 0 Å². The van der Waals surface area contributed by atoms with Crippen LogP contribution in [0.25, 0.3) is 0 Å². The molecule has 162 valence electrons. The highest BCUT2D eigenvalue weighted by Crippen LogP contribution is 2.28. The Morgan fingerprint density at radius 3 is 2.52 bits per heavy atom. The lowest BCUT2D eigenvalue weighted by molar-refractivity contribution is -0.151. The second kappa shape index (κ2) is 9.75. The number of rotatable bonds is 7. The zero-order valence-electron chi connectivity index (χ0n) is 17.1. The number of benzene rings is 2. The van der Waals surface area contributed by atoms with Crippen LogP contribution in [0.3, 0.4) is 0 Å². The van der Waals surface area contributed by atoms with Crippen molar-refractivity contribution in [1.82, 2.24) is 0 Å². The van der Waals surface area contributed by atoms with E-state index in [4.69, 9.17) is 9.47 Å². The molecule has 31 heavy (non-hydrogen) atoms. The van der Waals surface area contributed by atoms with Gasteiger partial charge in [0.15, 0.2) is 6.61 Å². The predicted octanol–water partition coefficient (Wildman–Crippen LogP) is 2.02. The molecule has 1 aliphatic heterocycles. The van der Waals surface area contributed by atoms with Gasteiger partial charge < -0.3 is 24.4 Å². The van der Waals surface area contributed by atoms with Gasteiger partial charge in [-0.1, -0.05) is 6.07 Å². The number of methoxy groups -OCH3 is 2. The maximum Gasteiger partial charge on any atom is 0.337 e. The Balaban J connectivity index is 1.50. The van der Waals surface area contributed by atoms with Crippen molar-refractivity contribution in [3.63, 3.8) is 0 Å². The summed E-state index contributed by atoms with van der Waals surface area (Å²) in [4.78, 5) is 49.6. The molecule has 0 saturated carbocycles. The van der Waals surface area contributed by atoms with Crippen molar-refractivity contribution in [2.75, 3.05) is 37.6 Å². The average molecular weight is 426 g/mol. The molecule has 9 heteroatoms. The Morgan fingerprint density at radius 1 is 1.10 bits per heavy atom. The largest absolute Gasteiger partial charge is 0.497 e. The number of carbonyl (C=O) groups excluding carboxylic acids is 4. The first-order valence-electron chi connectivity index (χ1n) is 9.50. The van der Waals surface area contributed by atoms with Crippen LogP contribution in [-0.4, -0.2) is 51.1 Å². The van der Waals surface area contributed by atoms with Crippen LogP contribution < -0.4 is 15.0 Å². The molecule has 2 aromatic rings. The number of amides is 2. The molecule has 1 aliphatic rings. The number of hydrogen-bond acceptors (Lipinski definition) is 7. The van der Waals surface area contributed by atoms with Gasteiger partial charge in [-0.3, -0.25) is 14.4 Å². The zero-order chi connectivity index (χ0) is 22.4. The van der Waals surface area contributed by atoms with E-state index in [2.05, 4.69) is 10.1 Å². The summed E-state index contributed by atoms with van der Waals surface area (Å²) in [6.45, 7) is -0.317. The van der Waals surface area contributed by atoms with Crippen molar-refractivity contribution < 1.29 is 33.4 Å². The standard InChI is InChI=1S/C22H22N2O7/c1-29-18-5-3-4-17(11-18)24-12-15(10-20(24)26)22(28)31-13-19(25)23-16-8-6-14(7-9-16)21(27)30-2/h3-9,11,15H,10,12-13H2,1-2H3,(H,23,25)/t15-/m0/s1. The fraction of sp³-hybridized carbons (Fsp3) is 0.273. The maximum atomic E-state index is 12.3. The highest BCUT2D eigenvalue weighted by atomic mass is 16.5. The van der Waals surface area contributed by atoms with E-state index in [0.29, 0.717) is 22.7 Å². The van der Waals surface area contributed by atoms with Gasteiger partial charge in [-0.2, -0.15) is 0 Å². The molecule has 0 radical (unpaired) electrons. The molecule has 1 fully saturated rings. The fourth-order valence-electron chi connectivity index (χ4n) is 3.15. The first-order chi connectivity index (χ1) is 14.9. The van der Waals surface area contributed by atoms with E-state index in [9.17, 15) is 19.2 Å². The molecule has 1 N–H and O–H groups in total. The van der Waals surface area contributed by atoms with Gasteiger partial charge in [0, 0.05) is 30.4 Å². The van der Waals surface area contributed by atoms with Crippen LogP contribution in [0.2, 0.25) is 0 Å². The van der Waals surface area contributed by atoms with Crippen LogP contribution in [0.1, 0.15) is 16.8 Å². The maximum absolute atomic E-state index is 12.3. The van der Waals surface area contributed by atoms with E-state index in [1.807, 2.05) is 0 Å². The van der Waals surface area contributed by atoms with E-state index in [-0.39, 0.29) is 18.9 Å². The smallest absolute Gasteiger partial charge is 0.337 e. The lowest BCUT2D eigenvalue weighted by Gasteiger charge is -2.17. The predicted molar refractivity (Wildman–Crippen MR) is 111 cm³/mol. The van der Waals surface area contributed by atoms with Gasteiger partial charge in [0.1, 0.15) is 5.75 Å². The summed E-state index contributed by atoms with van der Waals surface area (Å²) >= 11 is 0. The van der Waals surface area contributed by atoms with Crippen molar-refractivity contribution in [2.45, 2.75) is 6.42 Å². The zero-order valence-corrected chi connectivity index (χ0v) is 17.1. The Hall–Kier alpha value is -3.88. The molecule has 0 bridgehead atoms. The normalized spacial score (nSPS) is 15.4. The second-order valence-electron chi connectivity index (χ2n) is 6.83. The number of nitrogens with one attached hydrogen (secondary N) is 1. The number of hydrogen-bond donors (Lipinski definition) is 1. The summed E-state index contributed by atoms with van der Waals surface area (Å²) in [5.41, 5.74) is 1.42. The Morgan fingerprint density at radius 2 is 1.84 bits per heavy atom. The SMILES string of the molecule is COC(=O)c1ccc(NC(=O)COC(=O)[C@H]2CC(=O)N(c3cccc(OC)c3)C2)cc1. The van der Waals surface area contributed by atoms with Crippen LogP contribution in [0.4, 0.5) is 11.4 Å². The fourth-order valence-corrected chi connectivity index (χ4v) is 3.15. The minimum absolute atomic E-state index is 0.00660. The van der Waals surface area contributed by atoms with E-state index in [1.54, 1.807) is 24.3 Å². The quantitative estimate of drug-likeness (QED) is 0.674. The van der Waals surface area contributed by atoms with Gasteiger partial charge in [0.25, 0.3) is 5.91 Å². The van der Waals surface area contributed by atoms with E-state index < -0.39 is 30.4 Å². The number of nitrogens with zero attached hydrogens (tertiary/aromatic N) is 1. The van der Waals surface area contributed by atoms with Crippen molar-refractivity contribution in [3.8, 4) is 5.75 Å². The second-order valence-corrected chi connectivity index (χ2v) is 6.83. The van der Waals surface area contributed by atoms with Crippen LogP contribution in [0.15, 0.2) is 48.5 Å². The highest BCUT2D eigenvalue weighted by Gasteiger charge is 2.36. The summed E-state index contributed by atoms with van der Waals surface area (Å²) in [5, 5.41) is 2.57. The molecule has 1 saturated heterocycles. The third-order valence-electron chi connectivity index (χ3n) is 4.76. The Kier molecular flexibility index (Phi) is 6.86. The van der Waals surface area contributed by atoms with Crippen LogP contribution in [-0.2, 0) is 23.9 Å². The molecule has 2 aromatic carbocycles. The average Bonchev–Trinajstić information content (AvgIpc) is 3.19. The molecular weight excluding hydrogens is 404 g/mol. The summed E-state index contributed by atoms with van der Waals surface area (Å²) < 4.78 is 14.9. The van der Waals surface area contributed by atoms with E-state index >= 15 is 0 Å². The number of carbonyl (C=O) groups is 4. The molecule has 1 atom stereocenters. The van der Waals surface area contributed by atoms with Gasteiger partial charge in [-0.15, -0.1) is 0 Å². The molecule has 1 heterocycles. The number of ether oxygens (including phenoxy) is 3. The Labute approximate surface area is 178 Å². The highest BCUT2D eigenvalue weighted by molar-refractivity contribution is 6.00. The lowest BCUT2D eigenvalue weighted by atomic mass is 10.1. The van der Waals surface area contributed by atoms with E-state index in [0.717, 1.165) is 0 Å². The summed E-state index contributed by atoms with van der Waals surface area (Å²) in [6, 6.07) is 13.1. The van der Waals surface area contributed by atoms with Crippen LogP contribution in [0.5, 0.6) is 5.75 Å². The molecule has 2 amide bonds. The van der Waals surface area contributed by atoms with Crippen LogP contribution in [0, 0.1) is 5.92 Å². The minimum atomic E-state index is -0.661. The van der Waals surface area contributed by atoms with E-state index in [1.165, 1.54) is 43.4 Å². The molecular formula is C22H22N2O7. The first kappa shape index (κ1) is 21.8. The molecule has 3 rings (SSSR count). The lowest BCUT2D eigenvalue weighted by Crippen LogP contribution is -2.28. The van der Waals surface area contributed by atoms with Crippen molar-refractivity contribution in [1.29, 1.82) is 0 Å².